The van der Waals surface area contributed by atoms with Crippen LogP contribution < -0.4 is 5.32 Å². The van der Waals surface area contributed by atoms with Crippen molar-refractivity contribution in [3.8, 4) is 0 Å². The van der Waals surface area contributed by atoms with E-state index in [1.54, 1.807) is 48.5 Å². The summed E-state index contributed by atoms with van der Waals surface area (Å²) in [4.78, 5) is 23.1. The lowest BCUT2D eigenvalue weighted by Gasteiger charge is -2.20. The quantitative estimate of drug-likeness (QED) is 0.278. The minimum atomic E-state index is -0.454. The number of non-ortho nitro benzene ring substituents is 1. The van der Waals surface area contributed by atoms with Crippen LogP contribution in [0.1, 0.15) is 28.4 Å². The van der Waals surface area contributed by atoms with Gasteiger partial charge in [0.25, 0.3) is 5.69 Å². The van der Waals surface area contributed by atoms with Crippen molar-refractivity contribution >= 4 is 40.4 Å². The van der Waals surface area contributed by atoms with Gasteiger partial charge in [0.2, 0.25) is 0 Å². The Morgan fingerprint density at radius 1 is 0.893 bits per heavy atom. The van der Waals surface area contributed by atoms with E-state index in [1.807, 2.05) is 12.1 Å². The highest BCUT2D eigenvalue weighted by atomic mass is 35.5. The standard InChI is InChI=1S/C21H16Cl2N2O3/c22-16-5-1-14(2-6-16)20(13-21(26)15-3-7-17(23)8-4-15)24-18-9-11-19(12-10-18)25(27)28/h1-12,20,24H,13H2/t20-/m1/s1. The number of carbonyl (C=O) groups is 1. The third-order valence-corrected chi connectivity index (χ3v) is 4.75. The first-order valence-electron chi connectivity index (χ1n) is 8.47. The van der Waals surface area contributed by atoms with Crippen LogP contribution >= 0.6 is 23.2 Å². The third-order valence-electron chi connectivity index (χ3n) is 4.25. The number of nitro benzene ring substituents is 1. The zero-order valence-corrected chi connectivity index (χ0v) is 16.2. The summed E-state index contributed by atoms with van der Waals surface area (Å²) >= 11 is 11.9. The molecule has 28 heavy (non-hydrogen) atoms. The van der Waals surface area contributed by atoms with Gasteiger partial charge in [-0.25, -0.2) is 0 Å². The van der Waals surface area contributed by atoms with Crippen LogP contribution in [0.4, 0.5) is 11.4 Å². The van der Waals surface area contributed by atoms with E-state index < -0.39 is 4.92 Å². The average Bonchev–Trinajstić information content (AvgIpc) is 2.69. The van der Waals surface area contributed by atoms with E-state index in [1.165, 1.54) is 12.1 Å². The van der Waals surface area contributed by atoms with Crippen LogP contribution in [0.15, 0.2) is 72.8 Å². The van der Waals surface area contributed by atoms with Gasteiger partial charge in [-0.05, 0) is 54.1 Å². The predicted octanol–water partition coefficient (Wildman–Crippen LogP) is 6.33. The summed E-state index contributed by atoms with van der Waals surface area (Å²) in [6.07, 6.45) is 0.195. The number of rotatable bonds is 7. The van der Waals surface area contributed by atoms with Crippen LogP contribution in [0.5, 0.6) is 0 Å². The first-order valence-corrected chi connectivity index (χ1v) is 9.23. The minimum absolute atomic E-state index is 0.00540. The fourth-order valence-electron chi connectivity index (χ4n) is 2.77. The normalized spacial score (nSPS) is 11.6. The molecule has 3 aromatic rings. The molecule has 3 aromatic carbocycles. The van der Waals surface area contributed by atoms with Gasteiger partial charge in [-0.2, -0.15) is 0 Å². The van der Waals surface area contributed by atoms with Crippen molar-refractivity contribution in [1.29, 1.82) is 0 Å². The maximum Gasteiger partial charge on any atom is 0.269 e. The van der Waals surface area contributed by atoms with Gasteiger partial charge in [-0.15, -0.1) is 0 Å². The Labute approximate surface area is 172 Å². The molecule has 0 radical (unpaired) electrons. The van der Waals surface area contributed by atoms with E-state index in [0.717, 1.165) is 5.56 Å². The Hall–Kier alpha value is -2.89. The third kappa shape index (κ3) is 5.09. The molecule has 7 heteroatoms. The van der Waals surface area contributed by atoms with E-state index in [9.17, 15) is 14.9 Å². The number of anilines is 1. The minimum Gasteiger partial charge on any atom is -0.378 e. The highest BCUT2D eigenvalue weighted by molar-refractivity contribution is 6.30. The number of ketones is 1. The van der Waals surface area contributed by atoms with Gasteiger partial charge in [0.05, 0.1) is 11.0 Å². The second-order valence-electron chi connectivity index (χ2n) is 6.19. The number of hydrogen-bond donors (Lipinski definition) is 1. The van der Waals surface area contributed by atoms with Gasteiger partial charge in [0, 0.05) is 39.8 Å². The van der Waals surface area contributed by atoms with Crippen LogP contribution in [-0.2, 0) is 0 Å². The maximum absolute atomic E-state index is 12.7. The lowest BCUT2D eigenvalue weighted by atomic mass is 9.97. The molecule has 0 heterocycles. The van der Waals surface area contributed by atoms with Crippen molar-refractivity contribution in [3.63, 3.8) is 0 Å². The first-order chi connectivity index (χ1) is 13.4. The summed E-state index contributed by atoms with van der Waals surface area (Å²) in [7, 11) is 0. The highest BCUT2D eigenvalue weighted by Crippen LogP contribution is 2.27. The van der Waals surface area contributed by atoms with Gasteiger partial charge in [0.1, 0.15) is 0 Å². The van der Waals surface area contributed by atoms with Crippen molar-refractivity contribution in [3.05, 3.63) is 104 Å². The Morgan fingerprint density at radius 3 is 1.96 bits per heavy atom. The molecule has 1 N–H and O–H groups in total. The van der Waals surface area contributed by atoms with Crippen molar-refractivity contribution in [1.82, 2.24) is 0 Å². The van der Waals surface area contributed by atoms with E-state index in [0.29, 0.717) is 21.3 Å². The molecule has 0 aliphatic heterocycles. The molecule has 0 saturated carbocycles. The zero-order valence-electron chi connectivity index (χ0n) is 14.6. The summed E-state index contributed by atoms with van der Waals surface area (Å²) in [6, 6.07) is 19.7. The van der Waals surface area contributed by atoms with E-state index in [-0.39, 0.29) is 23.9 Å². The lowest BCUT2D eigenvalue weighted by Crippen LogP contribution is -2.16. The van der Waals surface area contributed by atoms with Crippen LogP contribution in [-0.4, -0.2) is 10.7 Å². The second kappa shape index (κ2) is 8.87. The number of nitro groups is 1. The monoisotopic (exact) mass is 414 g/mol. The average molecular weight is 415 g/mol. The van der Waals surface area contributed by atoms with Crippen LogP contribution in [0.3, 0.4) is 0 Å². The molecular formula is C21H16Cl2N2O3. The fraction of sp³-hybridized carbons (Fsp3) is 0.0952. The summed E-state index contributed by atoms with van der Waals surface area (Å²) in [6.45, 7) is 0. The van der Waals surface area contributed by atoms with Gasteiger partial charge >= 0.3 is 0 Å². The Kier molecular flexibility index (Phi) is 6.29. The zero-order chi connectivity index (χ0) is 20.1. The molecule has 0 spiro atoms. The molecule has 0 fully saturated rings. The molecule has 0 unspecified atom stereocenters. The van der Waals surface area contributed by atoms with Crippen LogP contribution in [0, 0.1) is 10.1 Å². The van der Waals surface area contributed by atoms with Gasteiger partial charge in [0.15, 0.2) is 5.78 Å². The predicted molar refractivity (Wildman–Crippen MR) is 111 cm³/mol. The van der Waals surface area contributed by atoms with Gasteiger partial charge in [-0.3, -0.25) is 14.9 Å². The molecule has 0 aliphatic carbocycles. The highest BCUT2D eigenvalue weighted by Gasteiger charge is 2.18. The number of halogens is 2. The number of nitrogens with one attached hydrogen (secondary N) is 1. The summed E-state index contributed by atoms with van der Waals surface area (Å²) in [5.74, 6) is -0.0500. The molecule has 0 aromatic heterocycles. The molecule has 3 rings (SSSR count). The lowest BCUT2D eigenvalue weighted by molar-refractivity contribution is -0.384. The summed E-state index contributed by atoms with van der Waals surface area (Å²) in [5.41, 5.74) is 2.12. The van der Waals surface area contributed by atoms with Crippen molar-refractivity contribution in [2.24, 2.45) is 0 Å². The Bertz CT molecular complexity index is 972. The van der Waals surface area contributed by atoms with Gasteiger partial charge < -0.3 is 5.32 Å². The van der Waals surface area contributed by atoms with Gasteiger partial charge in [-0.1, -0.05) is 35.3 Å². The van der Waals surface area contributed by atoms with E-state index in [2.05, 4.69) is 5.32 Å². The van der Waals surface area contributed by atoms with E-state index in [4.69, 9.17) is 23.2 Å². The Morgan fingerprint density at radius 2 is 1.43 bits per heavy atom. The summed E-state index contributed by atoms with van der Waals surface area (Å²) in [5, 5.41) is 15.3. The number of benzene rings is 3. The molecular weight excluding hydrogens is 399 g/mol. The van der Waals surface area contributed by atoms with Crippen LogP contribution in [0.2, 0.25) is 10.0 Å². The molecule has 0 saturated heterocycles. The number of Topliss-reactive ketones (excluding diaryl/α,β-unsaturated/α-hetero) is 1. The summed E-state index contributed by atoms with van der Waals surface area (Å²) < 4.78 is 0. The fourth-order valence-corrected chi connectivity index (χ4v) is 3.02. The number of nitrogens with zero attached hydrogens (tertiary/aromatic N) is 1. The topological polar surface area (TPSA) is 72.2 Å². The van der Waals surface area contributed by atoms with Crippen molar-refractivity contribution < 1.29 is 9.72 Å². The molecule has 0 bridgehead atoms. The smallest absolute Gasteiger partial charge is 0.269 e. The molecule has 142 valence electrons. The first kappa shape index (κ1) is 19.9. The largest absolute Gasteiger partial charge is 0.378 e. The second-order valence-corrected chi connectivity index (χ2v) is 7.06. The molecule has 1 atom stereocenters. The van der Waals surface area contributed by atoms with Crippen molar-refractivity contribution in [2.75, 3.05) is 5.32 Å². The Balaban J connectivity index is 1.84. The number of carbonyl (C=O) groups excluding carboxylic acids is 1. The van der Waals surface area contributed by atoms with E-state index >= 15 is 0 Å². The van der Waals surface area contributed by atoms with Crippen LogP contribution in [0.25, 0.3) is 0 Å². The van der Waals surface area contributed by atoms with Crippen molar-refractivity contribution in [2.45, 2.75) is 12.5 Å². The molecule has 0 aliphatic rings. The molecule has 0 amide bonds. The SMILES string of the molecule is O=C(C[C@@H](Nc1ccc([N+](=O)[O-])cc1)c1ccc(Cl)cc1)c1ccc(Cl)cc1. The molecule has 5 nitrogen and oxygen atoms in total. The maximum atomic E-state index is 12.7. The number of hydrogen-bond acceptors (Lipinski definition) is 4.